The molecule has 0 amide bonds. The van der Waals surface area contributed by atoms with Crippen LogP contribution in [0.2, 0.25) is 0 Å². The first kappa shape index (κ1) is 16.2. The maximum absolute atomic E-state index is 12.7. The fraction of sp³-hybridized carbons (Fsp3) is 0.250. The van der Waals surface area contributed by atoms with Gasteiger partial charge >= 0.3 is 0 Å². The van der Waals surface area contributed by atoms with Crippen molar-refractivity contribution in [2.24, 2.45) is 0 Å². The minimum atomic E-state index is -0.0808. The highest BCUT2D eigenvalue weighted by atomic mass is 79.9. The van der Waals surface area contributed by atoms with Crippen molar-refractivity contribution in [3.63, 3.8) is 0 Å². The molecule has 5 heteroatoms. The summed E-state index contributed by atoms with van der Waals surface area (Å²) in [7, 11) is 0. The molecule has 1 aromatic carbocycles. The third kappa shape index (κ3) is 3.35. The van der Waals surface area contributed by atoms with Crippen molar-refractivity contribution in [1.29, 1.82) is 0 Å². The summed E-state index contributed by atoms with van der Waals surface area (Å²) in [4.78, 5) is 24.0. The molecule has 0 bridgehead atoms. The maximum Gasteiger partial charge on any atom is 0.259 e. The van der Waals surface area contributed by atoms with E-state index in [1.807, 2.05) is 31.2 Å². The van der Waals surface area contributed by atoms with Crippen molar-refractivity contribution in [2.45, 2.75) is 19.8 Å². The van der Waals surface area contributed by atoms with Crippen LogP contribution in [0.25, 0.3) is 5.69 Å². The predicted octanol–water partition coefficient (Wildman–Crippen LogP) is 4.05. The zero-order valence-corrected chi connectivity index (χ0v) is 14.8. The van der Waals surface area contributed by atoms with Crippen LogP contribution >= 0.6 is 31.9 Å². The van der Waals surface area contributed by atoms with Gasteiger partial charge in [0.1, 0.15) is 0 Å². The lowest BCUT2D eigenvalue weighted by atomic mass is 10.1. The molecule has 0 aliphatic heterocycles. The Bertz CT molecular complexity index is 723. The van der Waals surface area contributed by atoms with Crippen molar-refractivity contribution in [3.8, 4) is 5.69 Å². The van der Waals surface area contributed by atoms with Gasteiger partial charge in [0.15, 0.2) is 6.29 Å². The number of hydrogen-bond acceptors (Lipinski definition) is 2. The second kappa shape index (κ2) is 7.18. The Morgan fingerprint density at radius 1 is 1.29 bits per heavy atom. The van der Waals surface area contributed by atoms with E-state index in [1.165, 1.54) is 0 Å². The molecule has 0 aliphatic carbocycles. The Kier molecular flexibility index (Phi) is 5.53. The maximum atomic E-state index is 12.7. The average Bonchev–Trinajstić information content (AvgIpc) is 2.48. The summed E-state index contributed by atoms with van der Waals surface area (Å²) in [5, 5.41) is 0.814. The Morgan fingerprint density at radius 2 is 2.00 bits per heavy atom. The van der Waals surface area contributed by atoms with Crippen molar-refractivity contribution in [2.75, 3.05) is 5.33 Å². The van der Waals surface area contributed by atoms with Crippen molar-refractivity contribution in [3.05, 3.63) is 62.0 Å². The van der Waals surface area contributed by atoms with Crippen LogP contribution < -0.4 is 5.56 Å². The molecule has 21 heavy (non-hydrogen) atoms. The molecule has 3 nitrogen and oxygen atoms in total. The van der Waals surface area contributed by atoms with E-state index in [2.05, 4.69) is 31.9 Å². The van der Waals surface area contributed by atoms with Gasteiger partial charge in [-0.3, -0.25) is 14.2 Å². The number of aldehydes is 1. The number of carbonyl (C=O) groups excluding carboxylic acids is 1. The number of aromatic nitrogens is 1. The summed E-state index contributed by atoms with van der Waals surface area (Å²) in [6.45, 7) is 1.95. The Balaban J connectivity index is 2.70. The molecule has 0 saturated heterocycles. The van der Waals surface area contributed by atoms with Crippen LogP contribution in [0.4, 0.5) is 0 Å². The highest BCUT2D eigenvalue weighted by Crippen LogP contribution is 2.21. The molecule has 0 fully saturated rings. The largest absolute Gasteiger partial charge is 0.298 e. The lowest BCUT2D eigenvalue weighted by molar-refractivity contribution is 0.112. The number of rotatable bonds is 5. The minimum absolute atomic E-state index is 0.0808. The summed E-state index contributed by atoms with van der Waals surface area (Å²) >= 11 is 6.76. The van der Waals surface area contributed by atoms with Gasteiger partial charge in [-0.2, -0.15) is 0 Å². The van der Waals surface area contributed by atoms with Gasteiger partial charge in [-0.15, -0.1) is 0 Å². The van der Waals surface area contributed by atoms with E-state index in [4.69, 9.17) is 0 Å². The smallest absolute Gasteiger partial charge is 0.259 e. The molecular weight excluding hydrogens is 398 g/mol. The Morgan fingerprint density at radius 3 is 2.62 bits per heavy atom. The van der Waals surface area contributed by atoms with Crippen molar-refractivity contribution >= 4 is 38.1 Å². The van der Waals surface area contributed by atoms with Crippen molar-refractivity contribution in [1.82, 2.24) is 4.57 Å². The number of para-hydroxylation sites is 1. The molecule has 0 unspecified atom stereocenters. The average molecular weight is 413 g/mol. The van der Waals surface area contributed by atoms with Crippen LogP contribution in [0.3, 0.4) is 0 Å². The van der Waals surface area contributed by atoms with Crippen molar-refractivity contribution < 1.29 is 4.79 Å². The molecule has 2 aromatic rings. The SMILES string of the molecule is Cc1ccccc1-n1cc(C=O)c(Br)c(CCCBr)c1=O. The van der Waals surface area contributed by atoms with Gasteiger partial charge in [-0.05, 0) is 47.3 Å². The first-order valence-electron chi connectivity index (χ1n) is 6.61. The second-order valence-electron chi connectivity index (χ2n) is 4.75. The molecule has 0 atom stereocenters. The number of benzene rings is 1. The number of nitrogens with zero attached hydrogens (tertiary/aromatic N) is 1. The third-order valence-corrected chi connectivity index (χ3v) is 4.82. The van der Waals surface area contributed by atoms with E-state index in [1.54, 1.807) is 10.8 Å². The van der Waals surface area contributed by atoms with E-state index in [0.717, 1.165) is 29.3 Å². The summed E-state index contributed by atoms with van der Waals surface area (Å²) in [6, 6.07) is 7.64. The second-order valence-corrected chi connectivity index (χ2v) is 6.34. The first-order valence-corrected chi connectivity index (χ1v) is 8.52. The highest BCUT2D eigenvalue weighted by Gasteiger charge is 2.15. The quantitative estimate of drug-likeness (QED) is 0.548. The van der Waals surface area contributed by atoms with E-state index < -0.39 is 0 Å². The topological polar surface area (TPSA) is 39.1 Å². The molecule has 0 radical (unpaired) electrons. The number of pyridine rings is 1. The third-order valence-electron chi connectivity index (χ3n) is 3.33. The molecule has 0 saturated carbocycles. The summed E-state index contributed by atoms with van der Waals surface area (Å²) in [5.41, 5.74) is 2.84. The Labute approximate surface area is 140 Å². The van der Waals surface area contributed by atoms with E-state index in [0.29, 0.717) is 22.0 Å². The summed E-state index contributed by atoms with van der Waals surface area (Å²) in [6.07, 6.45) is 3.83. The number of hydrogen-bond donors (Lipinski definition) is 0. The van der Waals surface area contributed by atoms with Crippen LogP contribution in [0, 0.1) is 6.92 Å². The standard InChI is InChI=1S/C16H15Br2NO2/c1-11-5-2-3-7-14(11)19-9-12(10-20)15(18)13(16(19)21)6-4-8-17/h2-3,5,7,9-10H,4,6,8H2,1H3. The number of halogens is 2. The van der Waals surface area contributed by atoms with Crippen LogP contribution in [-0.4, -0.2) is 16.2 Å². The molecule has 0 spiro atoms. The van der Waals surface area contributed by atoms with Gasteiger partial charge in [-0.1, -0.05) is 34.1 Å². The molecule has 0 aliphatic rings. The minimum Gasteiger partial charge on any atom is -0.298 e. The summed E-state index contributed by atoms with van der Waals surface area (Å²) in [5.74, 6) is 0. The molecular formula is C16H15Br2NO2. The monoisotopic (exact) mass is 411 g/mol. The molecule has 0 N–H and O–H groups in total. The van der Waals surface area contributed by atoms with Crippen LogP contribution in [0.5, 0.6) is 0 Å². The number of alkyl halides is 1. The predicted molar refractivity (Wildman–Crippen MR) is 92.0 cm³/mol. The molecule has 2 rings (SSSR count). The lowest BCUT2D eigenvalue weighted by Crippen LogP contribution is -2.24. The zero-order valence-electron chi connectivity index (χ0n) is 11.6. The lowest BCUT2D eigenvalue weighted by Gasteiger charge is -2.14. The first-order chi connectivity index (χ1) is 10.1. The van der Waals surface area contributed by atoms with Crippen LogP contribution in [0.15, 0.2) is 39.7 Å². The van der Waals surface area contributed by atoms with Gasteiger partial charge in [0.25, 0.3) is 5.56 Å². The van der Waals surface area contributed by atoms with Gasteiger partial charge in [-0.25, -0.2) is 0 Å². The van der Waals surface area contributed by atoms with Gasteiger partial charge in [0, 0.05) is 27.1 Å². The molecule has 1 aromatic heterocycles. The fourth-order valence-corrected chi connectivity index (χ4v) is 3.07. The Hall–Kier alpha value is -1.20. The molecule has 110 valence electrons. The normalized spacial score (nSPS) is 10.6. The van der Waals surface area contributed by atoms with Gasteiger partial charge < -0.3 is 0 Å². The highest BCUT2D eigenvalue weighted by molar-refractivity contribution is 9.10. The van der Waals surface area contributed by atoms with Crippen LogP contribution in [0.1, 0.15) is 27.9 Å². The van der Waals surface area contributed by atoms with E-state index in [9.17, 15) is 9.59 Å². The van der Waals surface area contributed by atoms with Crippen LogP contribution in [-0.2, 0) is 6.42 Å². The zero-order chi connectivity index (χ0) is 15.4. The number of aryl methyl sites for hydroxylation is 1. The number of carbonyl (C=O) groups is 1. The summed E-state index contributed by atoms with van der Waals surface area (Å²) < 4.78 is 2.17. The van der Waals surface area contributed by atoms with E-state index >= 15 is 0 Å². The van der Waals surface area contributed by atoms with Gasteiger partial charge in [0.05, 0.1) is 5.69 Å². The van der Waals surface area contributed by atoms with E-state index in [-0.39, 0.29) is 5.56 Å². The molecule has 1 heterocycles. The fourth-order valence-electron chi connectivity index (χ4n) is 2.22. The van der Waals surface area contributed by atoms with Gasteiger partial charge in [0.2, 0.25) is 0 Å².